The Labute approximate surface area is 159 Å². The third-order valence-electron chi connectivity index (χ3n) is 4.35. The van der Waals surface area contributed by atoms with E-state index in [0.29, 0.717) is 23.9 Å². The topological polar surface area (TPSA) is 89.0 Å². The van der Waals surface area contributed by atoms with Crippen LogP contribution in [0.2, 0.25) is 0 Å². The fourth-order valence-corrected chi connectivity index (χ4v) is 2.96. The number of nitrogens with one attached hydrogen (secondary N) is 2. The molecule has 0 aliphatic heterocycles. The first kappa shape index (κ1) is 18.8. The van der Waals surface area contributed by atoms with Gasteiger partial charge < -0.3 is 15.4 Å². The number of rotatable bonds is 8. The lowest BCUT2D eigenvalue weighted by atomic mass is 9.97. The van der Waals surface area contributed by atoms with Crippen LogP contribution >= 0.6 is 0 Å². The van der Waals surface area contributed by atoms with Crippen LogP contribution in [0.1, 0.15) is 49.4 Å². The Hall–Kier alpha value is -2.96. The van der Waals surface area contributed by atoms with Crippen LogP contribution in [0.5, 0.6) is 0 Å². The third kappa shape index (κ3) is 5.77. The number of nitrogens with zero attached hydrogens (tertiary/aromatic N) is 3. The number of hydrogen-bond acceptors (Lipinski definition) is 7. The van der Waals surface area contributed by atoms with E-state index < -0.39 is 0 Å². The number of aromatic nitrogens is 3. The van der Waals surface area contributed by atoms with E-state index in [1.807, 2.05) is 0 Å². The van der Waals surface area contributed by atoms with Crippen molar-refractivity contribution >= 4 is 23.4 Å². The number of carbonyl (C=O) groups excluding carboxylic acids is 1. The highest BCUT2D eigenvalue weighted by Crippen LogP contribution is 2.20. The van der Waals surface area contributed by atoms with Crippen molar-refractivity contribution in [3.8, 4) is 0 Å². The summed E-state index contributed by atoms with van der Waals surface area (Å²) in [5.74, 6) is 0.758. The molecule has 27 heavy (non-hydrogen) atoms. The minimum absolute atomic E-state index is 0.332. The van der Waals surface area contributed by atoms with E-state index in [1.54, 1.807) is 37.4 Å². The highest BCUT2D eigenvalue weighted by molar-refractivity contribution is 5.89. The standard InChI is InChI=1S/C20H25N5O2/c1-2-27-19(26)16-8-10-17(11-9-16)23-20-24-18(14-22-25-20)21-13-12-15-6-4-3-5-7-15/h6,8-11,14H,2-5,7,12-13H2,1H3,(H2,21,23,24,25). The van der Waals surface area contributed by atoms with E-state index >= 15 is 0 Å². The second-order valence-corrected chi connectivity index (χ2v) is 6.37. The van der Waals surface area contributed by atoms with Crippen LogP contribution in [0.3, 0.4) is 0 Å². The van der Waals surface area contributed by atoms with Crippen LogP contribution in [0.4, 0.5) is 17.5 Å². The van der Waals surface area contributed by atoms with Gasteiger partial charge in [-0.2, -0.15) is 10.1 Å². The van der Waals surface area contributed by atoms with Crippen LogP contribution in [0.15, 0.2) is 42.1 Å². The molecule has 0 bridgehead atoms. The lowest BCUT2D eigenvalue weighted by Gasteiger charge is -2.13. The molecule has 0 fully saturated rings. The van der Waals surface area contributed by atoms with Crippen LogP contribution in [-0.2, 0) is 4.74 Å². The first-order chi connectivity index (χ1) is 13.2. The van der Waals surface area contributed by atoms with Crippen LogP contribution in [-0.4, -0.2) is 34.3 Å². The van der Waals surface area contributed by atoms with E-state index in [0.717, 1.165) is 18.7 Å². The molecule has 1 aliphatic rings. The second-order valence-electron chi connectivity index (χ2n) is 6.37. The maximum Gasteiger partial charge on any atom is 0.338 e. The summed E-state index contributed by atoms with van der Waals surface area (Å²) in [6.45, 7) is 2.97. The minimum atomic E-state index is -0.332. The summed E-state index contributed by atoms with van der Waals surface area (Å²) in [6, 6.07) is 6.97. The van der Waals surface area contributed by atoms with Gasteiger partial charge in [0.25, 0.3) is 0 Å². The van der Waals surface area contributed by atoms with Gasteiger partial charge in [-0.05, 0) is 63.3 Å². The van der Waals surface area contributed by atoms with E-state index in [4.69, 9.17) is 4.74 Å². The number of ether oxygens (including phenoxy) is 1. The van der Waals surface area contributed by atoms with Gasteiger partial charge in [0.2, 0.25) is 5.95 Å². The predicted molar refractivity (Wildman–Crippen MR) is 105 cm³/mol. The van der Waals surface area contributed by atoms with Crippen LogP contribution in [0.25, 0.3) is 0 Å². The van der Waals surface area contributed by atoms with Gasteiger partial charge in [-0.1, -0.05) is 11.6 Å². The minimum Gasteiger partial charge on any atom is -0.462 e. The summed E-state index contributed by atoms with van der Waals surface area (Å²) >= 11 is 0. The van der Waals surface area contributed by atoms with Gasteiger partial charge in [0.1, 0.15) is 0 Å². The smallest absolute Gasteiger partial charge is 0.338 e. The Kier molecular flexibility index (Phi) is 6.73. The monoisotopic (exact) mass is 367 g/mol. The van der Waals surface area contributed by atoms with Crippen molar-refractivity contribution in [2.24, 2.45) is 0 Å². The average molecular weight is 367 g/mol. The van der Waals surface area contributed by atoms with E-state index in [1.165, 1.54) is 31.3 Å². The molecule has 0 spiro atoms. The second kappa shape index (κ2) is 9.66. The van der Waals surface area contributed by atoms with Crippen LogP contribution in [0, 0.1) is 0 Å². The molecule has 3 rings (SSSR count). The summed E-state index contributed by atoms with van der Waals surface area (Å²) < 4.78 is 4.98. The molecule has 7 heteroatoms. The lowest BCUT2D eigenvalue weighted by Crippen LogP contribution is -2.08. The van der Waals surface area contributed by atoms with Gasteiger partial charge in [-0.3, -0.25) is 0 Å². The summed E-state index contributed by atoms with van der Waals surface area (Å²) in [4.78, 5) is 16.1. The first-order valence-electron chi connectivity index (χ1n) is 9.40. The lowest BCUT2D eigenvalue weighted by molar-refractivity contribution is 0.0526. The Morgan fingerprint density at radius 3 is 2.81 bits per heavy atom. The first-order valence-corrected chi connectivity index (χ1v) is 9.40. The molecule has 1 aromatic heterocycles. The van der Waals surface area contributed by atoms with Crippen molar-refractivity contribution in [3.63, 3.8) is 0 Å². The van der Waals surface area contributed by atoms with Gasteiger partial charge >= 0.3 is 5.97 Å². The number of carbonyl (C=O) groups is 1. The number of allylic oxidation sites excluding steroid dienone is 1. The molecular formula is C20H25N5O2. The number of hydrogen-bond donors (Lipinski definition) is 2. The number of benzene rings is 1. The molecule has 142 valence electrons. The largest absolute Gasteiger partial charge is 0.462 e. The molecule has 0 unspecified atom stereocenters. The van der Waals surface area contributed by atoms with Crippen molar-refractivity contribution in [1.29, 1.82) is 0 Å². The Balaban J connectivity index is 1.54. The molecule has 0 amide bonds. The molecule has 0 saturated carbocycles. The number of esters is 1. The molecule has 1 aromatic carbocycles. The normalized spacial score (nSPS) is 13.6. The molecule has 0 saturated heterocycles. The summed E-state index contributed by atoms with van der Waals surface area (Å²) in [5.41, 5.74) is 2.80. The van der Waals surface area contributed by atoms with Crippen molar-refractivity contribution in [1.82, 2.24) is 15.2 Å². The van der Waals surface area contributed by atoms with Gasteiger partial charge in [0.05, 0.1) is 18.4 Å². The zero-order valence-electron chi connectivity index (χ0n) is 15.6. The van der Waals surface area contributed by atoms with Gasteiger partial charge in [-0.15, -0.1) is 5.10 Å². The highest BCUT2D eigenvalue weighted by Gasteiger charge is 2.07. The van der Waals surface area contributed by atoms with E-state index in [9.17, 15) is 4.79 Å². The molecule has 1 heterocycles. The van der Waals surface area contributed by atoms with Gasteiger partial charge in [-0.25, -0.2) is 4.79 Å². The molecule has 0 radical (unpaired) electrons. The fraction of sp³-hybridized carbons (Fsp3) is 0.400. The molecule has 0 atom stereocenters. The maximum absolute atomic E-state index is 11.7. The zero-order chi connectivity index (χ0) is 18.9. The third-order valence-corrected chi connectivity index (χ3v) is 4.35. The zero-order valence-corrected chi connectivity index (χ0v) is 15.6. The van der Waals surface area contributed by atoms with Gasteiger partial charge in [0, 0.05) is 12.2 Å². The Morgan fingerprint density at radius 1 is 1.22 bits per heavy atom. The molecule has 2 N–H and O–H groups in total. The molecule has 1 aliphatic carbocycles. The van der Waals surface area contributed by atoms with Crippen LogP contribution < -0.4 is 10.6 Å². The average Bonchev–Trinajstić information content (AvgIpc) is 2.70. The maximum atomic E-state index is 11.7. The van der Waals surface area contributed by atoms with Crippen molar-refractivity contribution < 1.29 is 9.53 Å². The molecule has 2 aromatic rings. The summed E-state index contributed by atoms with van der Waals surface area (Å²) in [5, 5.41) is 14.4. The molecular weight excluding hydrogens is 342 g/mol. The van der Waals surface area contributed by atoms with Gasteiger partial charge in [0.15, 0.2) is 5.82 Å². The van der Waals surface area contributed by atoms with E-state index in [2.05, 4.69) is 31.9 Å². The molecule has 7 nitrogen and oxygen atoms in total. The summed E-state index contributed by atoms with van der Waals surface area (Å²) in [6.07, 6.45) is 10.0. The summed E-state index contributed by atoms with van der Waals surface area (Å²) in [7, 11) is 0. The Bertz CT molecular complexity index is 789. The van der Waals surface area contributed by atoms with Crippen molar-refractivity contribution in [2.45, 2.75) is 39.0 Å². The van der Waals surface area contributed by atoms with E-state index in [-0.39, 0.29) is 5.97 Å². The quantitative estimate of drug-likeness (QED) is 0.536. The highest BCUT2D eigenvalue weighted by atomic mass is 16.5. The fourth-order valence-electron chi connectivity index (χ4n) is 2.96. The SMILES string of the molecule is CCOC(=O)c1ccc(Nc2nncc(NCCC3=CCCCC3)n2)cc1. The Morgan fingerprint density at radius 2 is 2.07 bits per heavy atom. The van der Waals surface area contributed by atoms with Crippen molar-refractivity contribution in [3.05, 3.63) is 47.7 Å². The predicted octanol–water partition coefficient (Wildman–Crippen LogP) is 4.09. The van der Waals surface area contributed by atoms with Crippen molar-refractivity contribution in [2.75, 3.05) is 23.8 Å². The number of anilines is 3.